The van der Waals surface area contributed by atoms with Crippen LogP contribution in [0.15, 0.2) is 72.8 Å². The first-order valence-electron chi connectivity index (χ1n) is 14.4. The second-order valence-corrected chi connectivity index (χ2v) is 10.1. The highest BCUT2D eigenvalue weighted by atomic mass is 16.7. The fraction of sp³-hybridized carbons (Fsp3) is 0. The first-order valence-corrected chi connectivity index (χ1v) is 14.4. The van der Waals surface area contributed by atoms with Gasteiger partial charge < -0.3 is 20.4 Å². The van der Waals surface area contributed by atoms with Crippen LogP contribution in [0.3, 0.4) is 0 Å². The smallest absolute Gasteiger partial charge is 0.346 e. The molecule has 4 aromatic carbocycles. The Morgan fingerprint density at radius 1 is 0.283 bits per heavy atom. The molecule has 0 aromatic heterocycles. The lowest BCUT2D eigenvalue weighted by Gasteiger charge is -1.96. The molecule has 0 aliphatic heterocycles. The SMILES string of the molecule is O=C(O)c1ccc([N+](=O)[O-])c([N+](=O)[O-])c1.O=C(O)c1ccc([N+](=O)[O-])c([N+](=O)[O-])c1.O=C(O)c1ccc([N+](=O)[O-])c([N+](=O)[O-])c1.O=C(O)c1ccc([N+](=O)[O-])c([N+](=O)[O-])c1. The molecule has 32 heteroatoms. The predicted octanol–water partition coefficient (Wildman–Crippen LogP) is 4.80. The summed E-state index contributed by atoms with van der Waals surface area (Å²) in [5, 5.41) is 117. The number of nitro benzene ring substituents is 8. The Hall–Kier alpha value is -10.0. The molecule has 0 heterocycles. The molecule has 0 spiro atoms. The topological polar surface area (TPSA) is 494 Å². The van der Waals surface area contributed by atoms with Crippen molar-refractivity contribution in [2.24, 2.45) is 0 Å². The van der Waals surface area contributed by atoms with E-state index in [4.69, 9.17) is 20.4 Å². The summed E-state index contributed by atoms with van der Waals surface area (Å²) in [6.45, 7) is 0. The first-order chi connectivity index (χ1) is 27.7. The fourth-order valence-corrected chi connectivity index (χ4v) is 3.83. The third-order valence-corrected chi connectivity index (χ3v) is 6.46. The van der Waals surface area contributed by atoms with Crippen molar-refractivity contribution >= 4 is 69.4 Å². The number of benzene rings is 4. The van der Waals surface area contributed by atoms with E-state index in [-0.39, 0.29) is 22.3 Å². The normalized spacial score (nSPS) is 9.60. The highest BCUT2D eigenvalue weighted by Crippen LogP contribution is 2.30. The summed E-state index contributed by atoms with van der Waals surface area (Å²) in [5.41, 5.74) is -7.73. The molecule has 0 saturated carbocycles. The molecule has 32 nitrogen and oxygen atoms in total. The summed E-state index contributed by atoms with van der Waals surface area (Å²) in [6.07, 6.45) is 0. The minimum Gasteiger partial charge on any atom is -0.478 e. The van der Waals surface area contributed by atoms with Gasteiger partial charge >= 0.3 is 69.4 Å². The minimum absolute atomic E-state index is 0.368. The molecule has 0 fully saturated rings. The third-order valence-electron chi connectivity index (χ3n) is 6.46. The van der Waals surface area contributed by atoms with E-state index in [0.29, 0.717) is 24.3 Å². The zero-order valence-electron chi connectivity index (χ0n) is 28.5. The molecule has 4 rings (SSSR count). The summed E-state index contributed by atoms with van der Waals surface area (Å²) in [5.74, 6) is -5.53. The summed E-state index contributed by atoms with van der Waals surface area (Å²) >= 11 is 0. The summed E-state index contributed by atoms with van der Waals surface area (Å²) in [4.78, 5) is 117. The quantitative estimate of drug-likeness (QED) is 0.110. The molecule has 0 radical (unpaired) electrons. The van der Waals surface area contributed by atoms with E-state index in [2.05, 4.69) is 0 Å². The number of carboxylic acid groups (broad SMARTS) is 4. The lowest BCUT2D eigenvalue weighted by atomic mass is 10.2. The van der Waals surface area contributed by atoms with E-state index in [9.17, 15) is 100 Å². The Morgan fingerprint density at radius 2 is 0.417 bits per heavy atom. The van der Waals surface area contributed by atoms with E-state index in [0.717, 1.165) is 48.5 Å². The van der Waals surface area contributed by atoms with E-state index >= 15 is 0 Å². The second kappa shape index (κ2) is 20.6. The Labute approximate surface area is 324 Å². The number of hydrogen-bond donors (Lipinski definition) is 4. The maximum absolute atomic E-state index is 10.5. The Bertz CT molecular complexity index is 2160. The van der Waals surface area contributed by atoms with Crippen molar-refractivity contribution in [3.63, 3.8) is 0 Å². The first kappa shape index (κ1) is 48.0. The summed E-state index contributed by atoms with van der Waals surface area (Å²) in [7, 11) is 0. The van der Waals surface area contributed by atoms with Gasteiger partial charge in [-0.15, -0.1) is 0 Å². The minimum atomic E-state index is -1.38. The van der Waals surface area contributed by atoms with E-state index in [1.807, 2.05) is 0 Å². The van der Waals surface area contributed by atoms with Crippen molar-refractivity contribution in [2.45, 2.75) is 0 Å². The molecular weight excluding hydrogens is 832 g/mol. The average molecular weight is 848 g/mol. The lowest BCUT2D eigenvalue weighted by Crippen LogP contribution is -2.01. The molecule has 0 aliphatic rings. The van der Waals surface area contributed by atoms with Crippen molar-refractivity contribution in [3.05, 3.63) is 176 Å². The highest BCUT2D eigenvalue weighted by molar-refractivity contribution is 5.91. The standard InChI is InChI=1S/4C7H4N2O6/c4*10-7(11)4-1-2-5(8(12)13)6(3-4)9(14)15/h4*1-3H,(H,10,11). The number of carboxylic acids is 4. The van der Waals surface area contributed by atoms with Gasteiger partial charge in [-0.2, -0.15) is 0 Å². The van der Waals surface area contributed by atoms with Crippen LogP contribution in [-0.4, -0.2) is 83.7 Å². The molecule has 0 bridgehead atoms. The summed E-state index contributed by atoms with van der Waals surface area (Å²) in [6, 6.07) is 9.54. The number of hydrogen-bond acceptors (Lipinski definition) is 20. The molecule has 0 aliphatic carbocycles. The van der Waals surface area contributed by atoms with E-state index in [1.165, 1.54) is 0 Å². The molecule has 0 unspecified atom stereocenters. The predicted molar refractivity (Wildman–Crippen MR) is 187 cm³/mol. The number of carbonyl (C=O) groups is 4. The van der Waals surface area contributed by atoms with Crippen molar-refractivity contribution < 1.29 is 79.0 Å². The number of nitro groups is 8. The molecule has 0 atom stereocenters. The van der Waals surface area contributed by atoms with Gasteiger partial charge in [0.15, 0.2) is 0 Å². The molecular formula is C28H16N8O24. The van der Waals surface area contributed by atoms with Gasteiger partial charge in [0.25, 0.3) is 0 Å². The molecule has 0 amide bonds. The van der Waals surface area contributed by atoms with Crippen LogP contribution >= 0.6 is 0 Å². The molecule has 60 heavy (non-hydrogen) atoms. The van der Waals surface area contributed by atoms with Crippen LogP contribution in [0.5, 0.6) is 0 Å². The lowest BCUT2D eigenvalue weighted by molar-refractivity contribution is -0.422. The highest BCUT2D eigenvalue weighted by Gasteiger charge is 2.28. The Balaban J connectivity index is 0.000000400. The fourth-order valence-electron chi connectivity index (χ4n) is 3.83. The maximum atomic E-state index is 10.5. The van der Waals surface area contributed by atoms with Gasteiger partial charge in [0.1, 0.15) is 0 Å². The van der Waals surface area contributed by atoms with Gasteiger partial charge in [0, 0.05) is 48.5 Å². The largest absolute Gasteiger partial charge is 0.478 e. The monoisotopic (exact) mass is 848 g/mol. The third kappa shape index (κ3) is 13.1. The van der Waals surface area contributed by atoms with Crippen LogP contribution in [0.2, 0.25) is 0 Å². The second-order valence-electron chi connectivity index (χ2n) is 10.1. The average Bonchev–Trinajstić information content (AvgIpc) is 3.17. The van der Waals surface area contributed by atoms with Crippen LogP contribution < -0.4 is 0 Å². The van der Waals surface area contributed by atoms with Crippen molar-refractivity contribution in [1.82, 2.24) is 0 Å². The van der Waals surface area contributed by atoms with Gasteiger partial charge in [-0.1, -0.05) is 0 Å². The van der Waals surface area contributed by atoms with Gasteiger partial charge in [0.05, 0.1) is 61.6 Å². The number of aromatic carboxylic acids is 4. The zero-order valence-corrected chi connectivity index (χ0v) is 28.5. The van der Waals surface area contributed by atoms with Crippen LogP contribution in [0.1, 0.15) is 41.4 Å². The number of nitrogens with zero attached hydrogens (tertiary/aromatic N) is 8. The van der Waals surface area contributed by atoms with Crippen molar-refractivity contribution in [3.8, 4) is 0 Å². The van der Waals surface area contributed by atoms with Gasteiger partial charge in [-0.25, -0.2) is 19.2 Å². The van der Waals surface area contributed by atoms with Crippen molar-refractivity contribution in [1.29, 1.82) is 0 Å². The van der Waals surface area contributed by atoms with Crippen LogP contribution in [0, 0.1) is 80.9 Å². The zero-order chi connectivity index (χ0) is 46.3. The molecule has 4 N–H and O–H groups in total. The van der Waals surface area contributed by atoms with Gasteiger partial charge in [-0.05, 0) is 24.3 Å². The molecule has 4 aromatic rings. The van der Waals surface area contributed by atoms with E-state index < -0.39 is 109 Å². The van der Waals surface area contributed by atoms with Crippen LogP contribution in [0.25, 0.3) is 0 Å². The number of rotatable bonds is 12. The van der Waals surface area contributed by atoms with E-state index in [1.54, 1.807) is 0 Å². The molecule has 312 valence electrons. The van der Waals surface area contributed by atoms with Gasteiger partial charge in [-0.3, -0.25) is 80.9 Å². The Kier molecular flexibility index (Phi) is 16.5. The molecule has 0 saturated heterocycles. The van der Waals surface area contributed by atoms with Crippen molar-refractivity contribution in [2.75, 3.05) is 0 Å². The van der Waals surface area contributed by atoms with Crippen LogP contribution in [0.4, 0.5) is 45.5 Å². The summed E-state index contributed by atoms with van der Waals surface area (Å²) < 4.78 is 0. The maximum Gasteiger partial charge on any atom is 0.346 e. The van der Waals surface area contributed by atoms with Crippen LogP contribution in [-0.2, 0) is 0 Å². The Morgan fingerprint density at radius 3 is 0.517 bits per heavy atom. The van der Waals surface area contributed by atoms with Gasteiger partial charge in [0.2, 0.25) is 0 Å².